The molecule has 1 aliphatic heterocycles. The fourth-order valence-electron chi connectivity index (χ4n) is 1.62. The number of ether oxygens (including phenoxy) is 1. The van der Waals surface area contributed by atoms with Crippen LogP contribution in [0, 0.1) is 0 Å². The van der Waals surface area contributed by atoms with Gasteiger partial charge in [0, 0.05) is 11.4 Å². The Morgan fingerprint density at radius 1 is 1.41 bits per heavy atom. The third-order valence-electron chi connectivity index (χ3n) is 2.53. The molecule has 1 aromatic carbocycles. The van der Waals surface area contributed by atoms with Crippen molar-refractivity contribution in [3.8, 4) is 5.75 Å². The summed E-state index contributed by atoms with van der Waals surface area (Å²) in [6, 6.07) is 8.43. The molecular formula is C13H18N2OS. The number of anilines is 1. The van der Waals surface area contributed by atoms with Crippen LogP contribution in [-0.2, 0) is 0 Å². The second-order valence-corrected chi connectivity index (χ2v) is 5.09. The zero-order chi connectivity index (χ0) is 12.1. The van der Waals surface area contributed by atoms with Crippen LogP contribution >= 0.6 is 11.8 Å². The molecule has 0 amide bonds. The van der Waals surface area contributed by atoms with Crippen molar-refractivity contribution in [3.05, 3.63) is 24.3 Å². The summed E-state index contributed by atoms with van der Waals surface area (Å²) in [7, 11) is 0. The summed E-state index contributed by atoms with van der Waals surface area (Å²) in [5.41, 5.74) is 1.06. The highest BCUT2D eigenvalue weighted by molar-refractivity contribution is 8.14. The van der Waals surface area contributed by atoms with E-state index in [9.17, 15) is 0 Å². The minimum Gasteiger partial charge on any atom is -0.494 e. The van der Waals surface area contributed by atoms with Gasteiger partial charge in [-0.2, -0.15) is 0 Å². The van der Waals surface area contributed by atoms with Gasteiger partial charge in [-0.25, -0.2) is 0 Å². The zero-order valence-electron chi connectivity index (χ0n) is 10.3. The molecule has 0 saturated heterocycles. The van der Waals surface area contributed by atoms with Gasteiger partial charge in [-0.1, -0.05) is 11.8 Å². The molecule has 1 unspecified atom stereocenters. The van der Waals surface area contributed by atoms with Gasteiger partial charge >= 0.3 is 0 Å². The Bertz CT molecular complexity index is 389. The average Bonchev–Trinajstić information content (AvgIpc) is 2.32. The number of amidine groups is 1. The quantitative estimate of drug-likeness (QED) is 0.893. The summed E-state index contributed by atoms with van der Waals surface area (Å²) in [6.07, 6.45) is 1.17. The Hall–Kier alpha value is -1.16. The van der Waals surface area contributed by atoms with E-state index in [1.54, 1.807) is 11.8 Å². The maximum atomic E-state index is 5.40. The van der Waals surface area contributed by atoms with E-state index in [0.29, 0.717) is 12.6 Å². The van der Waals surface area contributed by atoms with Crippen LogP contribution in [0.15, 0.2) is 29.3 Å². The molecule has 0 saturated carbocycles. The molecule has 0 radical (unpaired) electrons. The van der Waals surface area contributed by atoms with Crippen LogP contribution in [0.25, 0.3) is 0 Å². The van der Waals surface area contributed by atoms with Crippen LogP contribution in [0.2, 0.25) is 0 Å². The Morgan fingerprint density at radius 2 is 2.18 bits per heavy atom. The average molecular weight is 250 g/mol. The SMILES string of the molecule is CCOc1ccc(NC2=NC(C)CCS2)cc1. The topological polar surface area (TPSA) is 33.6 Å². The van der Waals surface area contributed by atoms with Gasteiger partial charge in [-0.15, -0.1) is 0 Å². The van der Waals surface area contributed by atoms with Crippen LogP contribution in [0.4, 0.5) is 5.69 Å². The molecule has 1 aromatic rings. The molecule has 92 valence electrons. The molecular weight excluding hydrogens is 232 g/mol. The standard InChI is InChI=1S/C13H18N2OS/c1-3-16-12-6-4-11(5-7-12)15-13-14-10(2)8-9-17-13/h4-7,10H,3,8-9H2,1-2H3,(H,14,15). The molecule has 4 heteroatoms. The lowest BCUT2D eigenvalue weighted by Crippen LogP contribution is -2.17. The second kappa shape index (κ2) is 5.96. The fraction of sp³-hybridized carbons (Fsp3) is 0.462. The molecule has 17 heavy (non-hydrogen) atoms. The number of hydrogen-bond donors (Lipinski definition) is 1. The predicted molar refractivity (Wildman–Crippen MR) is 75.2 cm³/mol. The van der Waals surface area contributed by atoms with Gasteiger partial charge < -0.3 is 10.1 Å². The molecule has 0 aromatic heterocycles. The van der Waals surface area contributed by atoms with E-state index in [4.69, 9.17) is 4.74 Å². The van der Waals surface area contributed by atoms with Crippen LogP contribution in [0.1, 0.15) is 20.3 Å². The first-order chi connectivity index (χ1) is 8.28. The minimum atomic E-state index is 0.432. The molecule has 0 spiro atoms. The van der Waals surface area contributed by atoms with Gasteiger partial charge in [-0.3, -0.25) is 4.99 Å². The number of aliphatic imine (C=N–C) groups is 1. The third-order valence-corrected chi connectivity index (χ3v) is 3.45. The lowest BCUT2D eigenvalue weighted by atomic mass is 10.3. The van der Waals surface area contributed by atoms with Crippen molar-refractivity contribution >= 4 is 22.6 Å². The Balaban J connectivity index is 1.98. The highest BCUT2D eigenvalue weighted by atomic mass is 32.2. The highest BCUT2D eigenvalue weighted by Gasteiger charge is 2.11. The first-order valence-electron chi connectivity index (χ1n) is 5.98. The van der Waals surface area contributed by atoms with Gasteiger partial charge in [0.15, 0.2) is 5.17 Å². The zero-order valence-corrected chi connectivity index (χ0v) is 11.1. The molecule has 1 atom stereocenters. The summed E-state index contributed by atoms with van der Waals surface area (Å²) in [5, 5.41) is 4.36. The number of hydrogen-bond acceptors (Lipinski definition) is 4. The molecule has 0 fully saturated rings. The summed E-state index contributed by atoms with van der Waals surface area (Å²) >= 11 is 1.78. The van der Waals surface area contributed by atoms with Crippen molar-refractivity contribution in [3.63, 3.8) is 0 Å². The number of nitrogens with zero attached hydrogens (tertiary/aromatic N) is 1. The van der Waals surface area contributed by atoms with E-state index < -0.39 is 0 Å². The Labute approximate surface area is 107 Å². The van der Waals surface area contributed by atoms with E-state index in [1.807, 2.05) is 31.2 Å². The van der Waals surface area contributed by atoms with Gasteiger partial charge in [0.25, 0.3) is 0 Å². The van der Waals surface area contributed by atoms with Crippen molar-refractivity contribution in [1.82, 2.24) is 0 Å². The van der Waals surface area contributed by atoms with Gasteiger partial charge in [0.2, 0.25) is 0 Å². The molecule has 1 heterocycles. The van der Waals surface area contributed by atoms with Crippen LogP contribution in [-0.4, -0.2) is 23.6 Å². The fourth-order valence-corrected chi connectivity index (χ4v) is 2.72. The molecule has 0 bridgehead atoms. The van der Waals surface area contributed by atoms with E-state index in [0.717, 1.165) is 22.4 Å². The third kappa shape index (κ3) is 3.66. The highest BCUT2D eigenvalue weighted by Crippen LogP contribution is 2.21. The van der Waals surface area contributed by atoms with E-state index in [-0.39, 0.29) is 0 Å². The molecule has 0 aliphatic carbocycles. The lowest BCUT2D eigenvalue weighted by Gasteiger charge is -2.17. The van der Waals surface area contributed by atoms with Gasteiger partial charge in [0.05, 0.1) is 12.6 Å². The van der Waals surface area contributed by atoms with Crippen molar-refractivity contribution in [2.45, 2.75) is 26.3 Å². The number of benzene rings is 1. The van der Waals surface area contributed by atoms with Crippen molar-refractivity contribution in [2.75, 3.05) is 17.7 Å². The summed E-state index contributed by atoms with van der Waals surface area (Å²) in [4.78, 5) is 4.57. The molecule has 3 nitrogen and oxygen atoms in total. The van der Waals surface area contributed by atoms with Crippen LogP contribution in [0.3, 0.4) is 0 Å². The van der Waals surface area contributed by atoms with Crippen molar-refractivity contribution in [2.24, 2.45) is 4.99 Å². The van der Waals surface area contributed by atoms with Crippen molar-refractivity contribution < 1.29 is 4.74 Å². The molecule has 1 N–H and O–H groups in total. The van der Waals surface area contributed by atoms with Crippen molar-refractivity contribution in [1.29, 1.82) is 0 Å². The maximum absolute atomic E-state index is 5.40. The lowest BCUT2D eigenvalue weighted by molar-refractivity contribution is 0.340. The second-order valence-electron chi connectivity index (χ2n) is 4.00. The summed E-state index contributed by atoms with van der Waals surface area (Å²) in [5.74, 6) is 2.05. The normalized spacial score (nSPS) is 19.6. The Kier molecular flexibility index (Phi) is 4.31. The van der Waals surface area contributed by atoms with E-state index in [2.05, 4.69) is 17.2 Å². The van der Waals surface area contributed by atoms with E-state index in [1.165, 1.54) is 6.42 Å². The minimum absolute atomic E-state index is 0.432. The van der Waals surface area contributed by atoms with E-state index >= 15 is 0 Å². The Morgan fingerprint density at radius 3 is 2.82 bits per heavy atom. The van der Waals surface area contributed by atoms with Crippen LogP contribution < -0.4 is 10.1 Å². The largest absolute Gasteiger partial charge is 0.494 e. The number of thioether (sulfide) groups is 1. The molecule has 2 rings (SSSR count). The smallest absolute Gasteiger partial charge is 0.161 e. The monoisotopic (exact) mass is 250 g/mol. The van der Waals surface area contributed by atoms with Gasteiger partial charge in [0.1, 0.15) is 5.75 Å². The maximum Gasteiger partial charge on any atom is 0.161 e. The number of rotatable bonds is 3. The first kappa shape index (κ1) is 12.3. The molecule has 1 aliphatic rings. The first-order valence-corrected chi connectivity index (χ1v) is 6.97. The summed E-state index contributed by atoms with van der Waals surface area (Å²) < 4.78 is 5.40. The predicted octanol–water partition coefficient (Wildman–Crippen LogP) is 3.38. The van der Waals surface area contributed by atoms with Crippen LogP contribution in [0.5, 0.6) is 5.75 Å². The number of nitrogens with one attached hydrogen (secondary N) is 1. The van der Waals surface area contributed by atoms with Gasteiger partial charge in [-0.05, 0) is 44.5 Å². The summed E-state index contributed by atoms with van der Waals surface area (Å²) in [6.45, 7) is 4.84.